The van der Waals surface area contributed by atoms with Crippen LogP contribution < -0.4 is 5.32 Å². The molecule has 0 aliphatic carbocycles. The van der Waals surface area contributed by atoms with Gasteiger partial charge in [-0.25, -0.2) is 9.59 Å². The van der Waals surface area contributed by atoms with Crippen LogP contribution in [0.1, 0.15) is 39.5 Å². The number of aliphatic carboxylic acids is 2. The third-order valence-electron chi connectivity index (χ3n) is 3.57. The molecule has 0 radical (unpaired) electrons. The molecule has 2 unspecified atom stereocenters. The van der Waals surface area contributed by atoms with Crippen LogP contribution in [0.25, 0.3) is 0 Å². The maximum absolute atomic E-state index is 12.1. The van der Waals surface area contributed by atoms with Gasteiger partial charge in [0.2, 0.25) is 0 Å². The zero-order valence-electron chi connectivity index (χ0n) is 11.8. The molecule has 0 aromatic carbocycles. The van der Waals surface area contributed by atoms with Gasteiger partial charge in [-0.3, -0.25) is 4.79 Å². The first kappa shape index (κ1) is 16.3. The number of rotatable bonds is 6. The molecule has 1 heterocycles. The summed E-state index contributed by atoms with van der Waals surface area (Å²) in [7, 11) is 0. The minimum atomic E-state index is -1.21. The molecule has 0 spiro atoms. The number of nitrogens with one attached hydrogen (secondary N) is 1. The molecule has 0 aromatic rings. The Labute approximate surface area is 117 Å². The minimum absolute atomic E-state index is 0.114. The lowest BCUT2D eigenvalue weighted by Crippen LogP contribution is -2.50. The normalized spacial score (nSPS) is 19.9. The first-order valence-electron chi connectivity index (χ1n) is 6.84. The van der Waals surface area contributed by atoms with E-state index in [-0.39, 0.29) is 18.9 Å². The quantitative estimate of drug-likeness (QED) is 0.678. The molecule has 7 nitrogen and oxygen atoms in total. The van der Waals surface area contributed by atoms with Crippen molar-refractivity contribution in [2.45, 2.75) is 51.6 Å². The van der Waals surface area contributed by atoms with Crippen molar-refractivity contribution in [1.82, 2.24) is 10.2 Å². The molecule has 20 heavy (non-hydrogen) atoms. The Bertz CT molecular complexity index is 383. The van der Waals surface area contributed by atoms with Crippen LogP contribution in [0, 0.1) is 5.92 Å². The number of amides is 2. The van der Waals surface area contributed by atoms with Crippen molar-refractivity contribution in [3.63, 3.8) is 0 Å². The number of nitrogens with zero attached hydrogens (tertiary/aromatic N) is 1. The van der Waals surface area contributed by atoms with Crippen LogP contribution in [-0.4, -0.2) is 51.7 Å². The Kier molecular flexibility index (Phi) is 5.79. The predicted octanol–water partition coefficient (Wildman–Crippen LogP) is 1.13. The number of likely N-dealkylation sites (tertiary alicyclic amines) is 1. The summed E-state index contributed by atoms with van der Waals surface area (Å²) in [5.41, 5.74) is 0. The van der Waals surface area contributed by atoms with E-state index in [0.717, 1.165) is 12.8 Å². The van der Waals surface area contributed by atoms with Crippen LogP contribution in [0.2, 0.25) is 0 Å². The van der Waals surface area contributed by atoms with Gasteiger partial charge in [0.05, 0.1) is 0 Å². The summed E-state index contributed by atoms with van der Waals surface area (Å²) >= 11 is 0. The van der Waals surface area contributed by atoms with E-state index < -0.39 is 24.0 Å². The van der Waals surface area contributed by atoms with Gasteiger partial charge in [0.15, 0.2) is 0 Å². The molecule has 2 amide bonds. The summed E-state index contributed by atoms with van der Waals surface area (Å²) < 4.78 is 0. The zero-order chi connectivity index (χ0) is 15.3. The average molecular weight is 286 g/mol. The molecule has 7 heteroatoms. The highest BCUT2D eigenvalue weighted by atomic mass is 16.4. The fourth-order valence-corrected chi connectivity index (χ4v) is 2.49. The van der Waals surface area contributed by atoms with E-state index in [1.807, 2.05) is 13.8 Å². The van der Waals surface area contributed by atoms with Gasteiger partial charge >= 0.3 is 18.0 Å². The molecule has 1 aliphatic heterocycles. The van der Waals surface area contributed by atoms with Crippen LogP contribution in [0.5, 0.6) is 0 Å². The van der Waals surface area contributed by atoms with E-state index in [1.165, 1.54) is 0 Å². The number of carboxylic acids is 2. The van der Waals surface area contributed by atoms with Crippen molar-refractivity contribution in [2.24, 2.45) is 5.92 Å². The molecular weight excluding hydrogens is 264 g/mol. The summed E-state index contributed by atoms with van der Waals surface area (Å²) in [4.78, 5) is 35.3. The number of carbonyl (C=O) groups is 3. The number of hydrogen-bond donors (Lipinski definition) is 3. The van der Waals surface area contributed by atoms with Gasteiger partial charge in [-0.15, -0.1) is 0 Å². The highest BCUT2D eigenvalue weighted by molar-refractivity contribution is 5.83. The van der Waals surface area contributed by atoms with E-state index in [1.54, 1.807) is 4.90 Å². The second-order valence-electron chi connectivity index (χ2n) is 5.42. The van der Waals surface area contributed by atoms with Crippen molar-refractivity contribution in [3.05, 3.63) is 0 Å². The third kappa shape index (κ3) is 4.40. The zero-order valence-corrected chi connectivity index (χ0v) is 11.8. The molecule has 0 saturated carbocycles. The third-order valence-corrected chi connectivity index (χ3v) is 3.57. The summed E-state index contributed by atoms with van der Waals surface area (Å²) in [6.45, 7) is 4.66. The lowest BCUT2D eigenvalue weighted by atomic mass is 10.0. The summed E-state index contributed by atoms with van der Waals surface area (Å²) in [6.07, 6.45) is 1.42. The largest absolute Gasteiger partial charge is 0.481 e. The van der Waals surface area contributed by atoms with E-state index in [9.17, 15) is 14.4 Å². The van der Waals surface area contributed by atoms with Crippen LogP contribution in [0.3, 0.4) is 0 Å². The van der Waals surface area contributed by atoms with Crippen LogP contribution in [0.4, 0.5) is 4.79 Å². The first-order chi connectivity index (χ1) is 9.32. The first-order valence-corrected chi connectivity index (χ1v) is 6.84. The standard InChI is InChI=1S/C13H22N2O5/c1-8(2)10-4-3-7-15(10)13(20)14-9(12(18)19)5-6-11(16)17/h8-10H,3-7H2,1-2H3,(H,14,20)(H,16,17)(H,18,19). The lowest BCUT2D eigenvalue weighted by Gasteiger charge is -2.29. The fourth-order valence-electron chi connectivity index (χ4n) is 2.49. The molecule has 3 N–H and O–H groups in total. The van der Waals surface area contributed by atoms with Crippen molar-refractivity contribution in [3.8, 4) is 0 Å². The molecule has 0 aromatic heterocycles. The Hall–Kier alpha value is -1.79. The Morgan fingerprint density at radius 3 is 2.45 bits per heavy atom. The molecule has 2 atom stereocenters. The van der Waals surface area contributed by atoms with Crippen LogP contribution in [-0.2, 0) is 9.59 Å². The summed E-state index contributed by atoms with van der Waals surface area (Å²) in [5, 5.41) is 20.0. The van der Waals surface area contributed by atoms with Crippen molar-refractivity contribution in [1.29, 1.82) is 0 Å². The number of carboxylic acid groups (broad SMARTS) is 2. The van der Waals surface area contributed by atoms with Crippen molar-refractivity contribution in [2.75, 3.05) is 6.54 Å². The predicted molar refractivity (Wildman–Crippen MR) is 71.4 cm³/mol. The number of hydrogen-bond acceptors (Lipinski definition) is 3. The van der Waals surface area contributed by atoms with Gasteiger partial charge in [0.25, 0.3) is 0 Å². The van der Waals surface area contributed by atoms with Crippen molar-refractivity contribution >= 4 is 18.0 Å². The monoisotopic (exact) mass is 286 g/mol. The van der Waals surface area contributed by atoms with E-state index in [0.29, 0.717) is 12.5 Å². The van der Waals surface area contributed by atoms with Gasteiger partial charge < -0.3 is 20.4 Å². The van der Waals surface area contributed by atoms with E-state index >= 15 is 0 Å². The van der Waals surface area contributed by atoms with Gasteiger partial charge in [0.1, 0.15) is 6.04 Å². The van der Waals surface area contributed by atoms with Gasteiger partial charge in [-0.2, -0.15) is 0 Å². The van der Waals surface area contributed by atoms with Crippen molar-refractivity contribution < 1.29 is 24.6 Å². The molecule has 1 fully saturated rings. The minimum Gasteiger partial charge on any atom is -0.481 e. The van der Waals surface area contributed by atoms with E-state index in [4.69, 9.17) is 10.2 Å². The molecular formula is C13H22N2O5. The highest BCUT2D eigenvalue weighted by Crippen LogP contribution is 2.23. The molecule has 1 saturated heterocycles. The Morgan fingerprint density at radius 2 is 1.95 bits per heavy atom. The van der Waals surface area contributed by atoms with Crippen LogP contribution >= 0.6 is 0 Å². The fraction of sp³-hybridized carbons (Fsp3) is 0.769. The van der Waals surface area contributed by atoms with Gasteiger partial charge in [0, 0.05) is 19.0 Å². The smallest absolute Gasteiger partial charge is 0.326 e. The van der Waals surface area contributed by atoms with Gasteiger partial charge in [-0.1, -0.05) is 13.8 Å². The molecule has 0 bridgehead atoms. The maximum Gasteiger partial charge on any atom is 0.326 e. The second kappa shape index (κ2) is 7.12. The summed E-state index contributed by atoms with van der Waals surface area (Å²) in [6, 6.07) is -1.46. The Morgan fingerprint density at radius 1 is 1.30 bits per heavy atom. The van der Waals surface area contributed by atoms with E-state index in [2.05, 4.69) is 5.32 Å². The number of urea groups is 1. The van der Waals surface area contributed by atoms with Crippen LogP contribution in [0.15, 0.2) is 0 Å². The Balaban J connectivity index is 2.61. The molecule has 1 aliphatic rings. The average Bonchev–Trinajstić information content (AvgIpc) is 2.82. The lowest BCUT2D eigenvalue weighted by molar-refractivity contribution is -0.140. The summed E-state index contributed by atoms with van der Waals surface area (Å²) in [5.74, 6) is -1.97. The number of carbonyl (C=O) groups excluding carboxylic acids is 1. The maximum atomic E-state index is 12.1. The van der Waals surface area contributed by atoms with Gasteiger partial charge in [-0.05, 0) is 25.2 Å². The molecule has 114 valence electrons. The topological polar surface area (TPSA) is 107 Å². The SMILES string of the molecule is CC(C)C1CCCN1C(=O)NC(CCC(=O)O)C(=O)O. The second-order valence-corrected chi connectivity index (χ2v) is 5.42. The highest BCUT2D eigenvalue weighted by Gasteiger charge is 2.32. The molecule has 1 rings (SSSR count).